The number of aliphatic imine (C=N–C) groups is 2. The predicted molar refractivity (Wildman–Crippen MR) is 151 cm³/mol. The summed E-state index contributed by atoms with van der Waals surface area (Å²) in [5, 5.41) is 15.9. The summed E-state index contributed by atoms with van der Waals surface area (Å²) >= 11 is 2.31. The molecule has 0 radical (unpaired) electrons. The summed E-state index contributed by atoms with van der Waals surface area (Å²) in [7, 11) is 0. The van der Waals surface area contributed by atoms with Gasteiger partial charge < -0.3 is 20.7 Å². The summed E-state index contributed by atoms with van der Waals surface area (Å²) in [6, 6.07) is 20.1. The number of likely N-dealkylation sites (tertiary alicyclic amines) is 1. The highest BCUT2D eigenvalue weighted by Gasteiger charge is 2.47. The second kappa shape index (κ2) is 9.55. The van der Waals surface area contributed by atoms with Crippen LogP contribution in [0.3, 0.4) is 0 Å². The number of hydroxylamine groups is 3. The Morgan fingerprint density at radius 3 is 2.72 bits per heavy atom. The van der Waals surface area contributed by atoms with E-state index in [4.69, 9.17) is 15.7 Å². The van der Waals surface area contributed by atoms with Crippen LogP contribution in [0.5, 0.6) is 0 Å². The third kappa shape index (κ3) is 4.30. The number of alkyl halides is 1. The standard InChI is InChI=1S/C27H28IN7O/c28-26-31-25-24(17-34(26)15-20-12-13-30-23-11-5-4-10-22(20)23)35(36,18-19-7-2-1-3-8-19)27(32-25)33-14-6-9-21(29)16-33/h1-5,7-8,10-13,17,21,26H,6,9,14-16,18,29H2. The number of hydrogen-bond acceptors (Lipinski definition) is 7. The molecule has 0 spiro atoms. The quantitative estimate of drug-likeness (QED) is 0.160. The smallest absolute Gasteiger partial charge is 0.312 e. The summed E-state index contributed by atoms with van der Waals surface area (Å²) in [5.41, 5.74) is 9.94. The molecule has 1 aromatic heterocycles. The van der Waals surface area contributed by atoms with E-state index in [1.165, 1.54) is 0 Å². The van der Waals surface area contributed by atoms with Crippen LogP contribution in [-0.4, -0.2) is 54.5 Å². The fourth-order valence-electron chi connectivity index (χ4n) is 5.24. The number of pyridine rings is 1. The fourth-order valence-corrected chi connectivity index (χ4v) is 5.86. The van der Waals surface area contributed by atoms with Crippen molar-refractivity contribution in [2.24, 2.45) is 15.7 Å². The van der Waals surface area contributed by atoms with E-state index in [1.54, 1.807) is 0 Å². The van der Waals surface area contributed by atoms with Gasteiger partial charge in [-0.25, -0.2) is 4.99 Å². The van der Waals surface area contributed by atoms with Gasteiger partial charge >= 0.3 is 5.96 Å². The van der Waals surface area contributed by atoms with Crippen LogP contribution in [0.25, 0.3) is 10.9 Å². The van der Waals surface area contributed by atoms with Gasteiger partial charge in [0.15, 0.2) is 4.17 Å². The molecule has 3 aromatic rings. The van der Waals surface area contributed by atoms with E-state index in [0.717, 1.165) is 41.4 Å². The number of benzene rings is 2. The third-order valence-corrected chi connectivity index (χ3v) is 8.01. The zero-order chi connectivity index (χ0) is 24.7. The maximum atomic E-state index is 14.8. The zero-order valence-electron chi connectivity index (χ0n) is 19.9. The first-order chi connectivity index (χ1) is 17.5. The van der Waals surface area contributed by atoms with Crippen molar-refractivity contribution in [1.29, 1.82) is 0 Å². The largest absolute Gasteiger partial charge is 0.619 e. The Kier molecular flexibility index (Phi) is 6.24. The lowest BCUT2D eigenvalue weighted by atomic mass is 10.1. The molecule has 0 aliphatic carbocycles. The number of fused-ring (bicyclic) bond motifs is 2. The molecule has 3 aliphatic rings. The Balaban J connectivity index is 1.38. The van der Waals surface area contributed by atoms with Gasteiger partial charge in [-0.1, -0.05) is 48.5 Å². The van der Waals surface area contributed by atoms with Crippen molar-refractivity contribution in [3.63, 3.8) is 0 Å². The number of amidine groups is 1. The second-order valence-corrected chi connectivity index (χ2v) is 10.7. The summed E-state index contributed by atoms with van der Waals surface area (Å²) in [6.07, 6.45) is 5.73. The zero-order valence-corrected chi connectivity index (χ0v) is 22.0. The van der Waals surface area contributed by atoms with E-state index < -0.39 is 4.65 Å². The minimum absolute atomic E-state index is 0.0407. The van der Waals surface area contributed by atoms with E-state index in [-0.39, 0.29) is 16.8 Å². The van der Waals surface area contributed by atoms with Crippen molar-refractivity contribution in [2.45, 2.75) is 36.1 Å². The molecule has 8 nitrogen and oxygen atoms in total. The number of guanidine groups is 1. The third-order valence-electron chi connectivity index (χ3n) is 7.02. The maximum absolute atomic E-state index is 14.8. The fraction of sp³-hybridized carbons (Fsp3) is 0.296. The normalized spacial score (nSPS) is 25.9. The van der Waals surface area contributed by atoms with Gasteiger partial charge in [0.05, 0.1) is 11.7 Å². The molecule has 1 saturated heterocycles. The molecule has 6 rings (SSSR count). The van der Waals surface area contributed by atoms with Crippen LogP contribution in [0.2, 0.25) is 0 Å². The lowest BCUT2D eigenvalue weighted by molar-refractivity contribution is -0.760. The summed E-state index contributed by atoms with van der Waals surface area (Å²) in [5.74, 6) is 1.03. The molecular weight excluding hydrogens is 565 g/mol. The molecule has 0 bridgehead atoms. The van der Waals surface area contributed by atoms with E-state index in [9.17, 15) is 5.21 Å². The van der Waals surface area contributed by atoms with Gasteiger partial charge in [-0.2, -0.15) is 4.99 Å². The van der Waals surface area contributed by atoms with E-state index in [1.807, 2.05) is 67.0 Å². The van der Waals surface area contributed by atoms with Crippen molar-refractivity contribution in [3.8, 4) is 0 Å². The molecule has 0 saturated carbocycles. The Morgan fingerprint density at radius 2 is 1.89 bits per heavy atom. The summed E-state index contributed by atoms with van der Waals surface area (Å²) in [6.45, 7) is 2.29. The first-order valence-corrected chi connectivity index (χ1v) is 13.5. The Hall–Kier alpha value is -2.86. The number of piperidine rings is 1. The number of nitrogens with zero attached hydrogens (tertiary/aromatic N) is 6. The number of para-hydroxylation sites is 1. The van der Waals surface area contributed by atoms with E-state index in [2.05, 4.69) is 43.4 Å². The summed E-state index contributed by atoms with van der Waals surface area (Å²) < 4.78 is -0.836. The molecule has 2 aromatic carbocycles. The van der Waals surface area contributed by atoms with E-state index in [0.29, 0.717) is 30.6 Å². The average Bonchev–Trinajstić information content (AvgIpc) is 3.16. The van der Waals surface area contributed by atoms with Crippen LogP contribution in [0, 0.1) is 5.21 Å². The van der Waals surface area contributed by atoms with Crippen LogP contribution < -0.4 is 5.73 Å². The predicted octanol–water partition coefficient (Wildman–Crippen LogP) is 4.32. The molecule has 1 fully saturated rings. The van der Waals surface area contributed by atoms with Crippen molar-refractivity contribution >= 4 is 45.3 Å². The monoisotopic (exact) mass is 593 g/mol. The highest BCUT2D eigenvalue weighted by molar-refractivity contribution is 14.1. The van der Waals surface area contributed by atoms with Gasteiger partial charge in [-0.3, -0.25) is 9.63 Å². The van der Waals surface area contributed by atoms with Gasteiger partial charge in [-0.05, 0) is 53.1 Å². The number of quaternary nitrogens is 1. The topological polar surface area (TPSA) is 93.2 Å². The average molecular weight is 593 g/mol. The molecule has 0 amide bonds. The van der Waals surface area contributed by atoms with Gasteiger partial charge in [0, 0.05) is 42.8 Å². The number of rotatable bonds is 4. The molecule has 9 heteroatoms. The van der Waals surface area contributed by atoms with Crippen LogP contribution in [0.1, 0.15) is 24.0 Å². The Morgan fingerprint density at radius 1 is 1.08 bits per heavy atom. The van der Waals surface area contributed by atoms with Gasteiger partial charge in [0.2, 0.25) is 11.5 Å². The van der Waals surface area contributed by atoms with Gasteiger partial charge in [-0.15, -0.1) is 0 Å². The lowest BCUT2D eigenvalue weighted by Gasteiger charge is -2.44. The van der Waals surface area contributed by atoms with Crippen LogP contribution in [-0.2, 0) is 13.1 Å². The molecule has 3 atom stereocenters. The molecule has 36 heavy (non-hydrogen) atoms. The van der Waals surface area contributed by atoms with Crippen LogP contribution >= 0.6 is 22.6 Å². The Bertz CT molecular complexity index is 1370. The SMILES string of the molecule is NC1CCCN(C2=NC3=NC(I)N(Cc4ccnc5ccccc45)C=C3[N+]2([O-])Cc2ccccc2)C1. The number of nitrogens with two attached hydrogens (primary N) is 1. The van der Waals surface area contributed by atoms with E-state index >= 15 is 0 Å². The molecule has 2 N–H and O–H groups in total. The maximum Gasteiger partial charge on any atom is 0.312 e. The number of hydrogen-bond donors (Lipinski definition) is 1. The van der Waals surface area contributed by atoms with Crippen molar-refractivity contribution in [2.75, 3.05) is 13.1 Å². The van der Waals surface area contributed by atoms with Crippen molar-refractivity contribution in [3.05, 3.63) is 95.1 Å². The minimum atomic E-state index is -0.660. The highest BCUT2D eigenvalue weighted by Crippen LogP contribution is 2.37. The van der Waals surface area contributed by atoms with Gasteiger partial charge in [0.1, 0.15) is 6.54 Å². The lowest BCUT2D eigenvalue weighted by Crippen LogP contribution is -2.56. The highest BCUT2D eigenvalue weighted by atomic mass is 127. The van der Waals surface area contributed by atoms with Crippen LogP contribution in [0.15, 0.2) is 88.7 Å². The minimum Gasteiger partial charge on any atom is -0.619 e. The second-order valence-electron chi connectivity index (χ2n) is 9.58. The van der Waals surface area contributed by atoms with Crippen LogP contribution in [0.4, 0.5) is 0 Å². The number of aromatic nitrogens is 1. The Labute approximate surface area is 224 Å². The molecule has 3 aliphatic heterocycles. The first kappa shape index (κ1) is 23.5. The molecule has 184 valence electrons. The molecule has 3 unspecified atom stereocenters. The molecular formula is C27H28IN7O. The number of halogens is 1. The van der Waals surface area contributed by atoms with Crippen molar-refractivity contribution < 1.29 is 4.65 Å². The van der Waals surface area contributed by atoms with Crippen molar-refractivity contribution in [1.82, 2.24) is 14.8 Å². The van der Waals surface area contributed by atoms with Gasteiger partial charge in [0.25, 0.3) is 0 Å². The summed E-state index contributed by atoms with van der Waals surface area (Å²) in [4.78, 5) is 18.4. The molecule has 4 heterocycles. The first-order valence-electron chi connectivity index (χ1n) is 12.3.